The van der Waals surface area contributed by atoms with Crippen molar-refractivity contribution in [2.24, 2.45) is 0 Å². The van der Waals surface area contributed by atoms with Gasteiger partial charge in [-0.1, -0.05) is 18.5 Å². The van der Waals surface area contributed by atoms with Crippen molar-refractivity contribution in [1.82, 2.24) is 0 Å². The van der Waals surface area contributed by atoms with Gasteiger partial charge in [0.25, 0.3) is 10.1 Å². The Morgan fingerprint density at radius 3 is 2.61 bits per heavy atom. The fourth-order valence-electron chi connectivity index (χ4n) is 2.11. The third kappa shape index (κ3) is 2.97. The van der Waals surface area contributed by atoms with Gasteiger partial charge in [-0.3, -0.25) is 9.35 Å². The highest BCUT2D eigenvalue weighted by Crippen LogP contribution is 2.31. The molecule has 0 saturated carbocycles. The van der Waals surface area contributed by atoms with Crippen LogP contribution in [0, 0.1) is 5.82 Å². The van der Waals surface area contributed by atoms with Gasteiger partial charge in [0.05, 0.1) is 17.5 Å². The highest BCUT2D eigenvalue weighted by molar-refractivity contribution is 7.86. The predicted octanol–water partition coefficient (Wildman–Crippen LogP) is 2.72. The highest BCUT2D eigenvalue weighted by atomic mass is 35.5. The van der Waals surface area contributed by atoms with E-state index in [1.54, 1.807) is 6.92 Å². The number of ether oxygens (including phenoxy) is 1. The molecular weight excluding hydrogens is 371 g/mol. The normalized spacial score (nSPS) is 11.7. The van der Waals surface area contributed by atoms with Crippen molar-refractivity contribution < 1.29 is 26.5 Å². The minimum Gasteiger partial charge on any atom is -0.486 e. The van der Waals surface area contributed by atoms with E-state index in [1.807, 2.05) is 0 Å². The lowest BCUT2D eigenvalue weighted by Gasteiger charge is -2.11. The predicted molar refractivity (Wildman–Crippen MR) is 85.4 cm³/mol. The van der Waals surface area contributed by atoms with E-state index in [4.69, 9.17) is 33.0 Å². The number of halogens is 2. The third-order valence-corrected chi connectivity index (χ3v) is 4.62. The number of aryl methyl sites for hydroxylation is 1. The molecule has 0 atom stereocenters. The van der Waals surface area contributed by atoms with Gasteiger partial charge in [-0.2, -0.15) is 8.42 Å². The van der Waals surface area contributed by atoms with Crippen LogP contribution in [0.5, 0.6) is 0 Å². The lowest BCUT2D eigenvalue weighted by Crippen LogP contribution is -2.21. The highest BCUT2D eigenvalue weighted by Gasteiger charge is 2.29. The van der Waals surface area contributed by atoms with E-state index in [-0.39, 0.29) is 28.4 Å². The molecular formula is C13H10ClFO6S2. The number of methoxy groups -OCH3 is 1. The van der Waals surface area contributed by atoms with Gasteiger partial charge < -0.3 is 9.15 Å². The molecule has 1 heterocycles. The van der Waals surface area contributed by atoms with Gasteiger partial charge in [-0.05, 0) is 12.2 Å². The topological polar surface area (TPSA) is 93.8 Å². The largest absolute Gasteiger partial charge is 0.486 e. The van der Waals surface area contributed by atoms with Crippen molar-refractivity contribution in [2.75, 3.05) is 7.11 Å². The maximum absolute atomic E-state index is 14.1. The first-order valence-electron chi connectivity index (χ1n) is 6.16. The fraction of sp³-hybridized carbons (Fsp3) is 0.231. The van der Waals surface area contributed by atoms with Gasteiger partial charge in [0, 0.05) is 12.5 Å². The van der Waals surface area contributed by atoms with Crippen molar-refractivity contribution in [2.45, 2.75) is 18.2 Å². The Kier molecular flexibility index (Phi) is 4.76. The molecule has 2 rings (SSSR count). The minimum atomic E-state index is -5.08. The number of thiocarbonyl (C=S) groups is 1. The maximum Gasteiger partial charge on any atom is 0.298 e. The maximum atomic E-state index is 14.1. The second kappa shape index (κ2) is 6.16. The summed E-state index contributed by atoms with van der Waals surface area (Å²) in [5.41, 5.74) is -1.42. The molecule has 2 aromatic rings. The molecule has 0 bridgehead atoms. The first-order valence-corrected chi connectivity index (χ1v) is 8.39. The third-order valence-electron chi connectivity index (χ3n) is 3.08. The summed E-state index contributed by atoms with van der Waals surface area (Å²) in [5.74, 6) is -1.33. The van der Waals surface area contributed by atoms with Crippen LogP contribution in [-0.4, -0.2) is 25.1 Å². The monoisotopic (exact) mass is 380 g/mol. The van der Waals surface area contributed by atoms with Crippen LogP contribution in [0.15, 0.2) is 20.2 Å². The molecule has 0 aliphatic heterocycles. The lowest BCUT2D eigenvalue weighted by atomic mass is 10.1. The van der Waals surface area contributed by atoms with E-state index in [0.717, 1.165) is 6.07 Å². The lowest BCUT2D eigenvalue weighted by molar-refractivity contribution is 0.412. The minimum absolute atomic E-state index is 0.123. The number of hydrogen-bond acceptors (Lipinski definition) is 6. The molecule has 1 aromatic carbocycles. The number of hydrogen-bond donors (Lipinski definition) is 1. The number of fused-ring (bicyclic) bond motifs is 1. The van der Waals surface area contributed by atoms with Gasteiger partial charge in [0.15, 0.2) is 10.9 Å². The van der Waals surface area contributed by atoms with E-state index in [9.17, 15) is 22.2 Å². The smallest absolute Gasteiger partial charge is 0.298 e. The van der Waals surface area contributed by atoms with Crippen LogP contribution < -0.4 is 5.43 Å². The Morgan fingerprint density at radius 1 is 1.52 bits per heavy atom. The molecule has 0 spiro atoms. The first-order chi connectivity index (χ1) is 10.6. The summed E-state index contributed by atoms with van der Waals surface area (Å²) >= 11 is 10.5. The van der Waals surface area contributed by atoms with Crippen molar-refractivity contribution in [3.63, 3.8) is 0 Å². The zero-order valence-electron chi connectivity index (χ0n) is 11.8. The van der Waals surface area contributed by atoms with Crippen LogP contribution in [0.2, 0.25) is 5.02 Å². The molecule has 1 aromatic heterocycles. The van der Waals surface area contributed by atoms with Gasteiger partial charge in [0.1, 0.15) is 21.8 Å². The molecule has 1 N–H and O–H groups in total. The zero-order chi connectivity index (χ0) is 17.5. The summed E-state index contributed by atoms with van der Waals surface area (Å²) in [4.78, 5) is 11.4. The van der Waals surface area contributed by atoms with Crippen LogP contribution in [0.1, 0.15) is 18.2 Å². The van der Waals surface area contributed by atoms with Crippen LogP contribution >= 0.6 is 23.8 Å². The fourth-order valence-corrected chi connectivity index (χ4v) is 3.36. The van der Waals surface area contributed by atoms with Crippen molar-refractivity contribution in [1.29, 1.82) is 0 Å². The molecule has 0 amide bonds. The average molecular weight is 381 g/mol. The SMILES string of the molecule is CCc1oc2cc(Cl)c(F)c(S(=O)(=O)O)c2c(=O)c1C(=S)OC. The van der Waals surface area contributed by atoms with Crippen LogP contribution in [0.3, 0.4) is 0 Å². The molecule has 0 aliphatic carbocycles. The molecule has 0 fully saturated rings. The summed E-state index contributed by atoms with van der Waals surface area (Å²) in [7, 11) is -3.86. The standard InChI is InChI=1S/C13H10ClFO6S2/c1-3-6-9(13(22)20-2)11(16)8-7(21-6)4-5(14)10(15)12(8)23(17,18)19/h4H,3H2,1-2H3,(H,17,18,19). The molecule has 6 nitrogen and oxygen atoms in total. The van der Waals surface area contributed by atoms with Crippen molar-refractivity contribution in [3.8, 4) is 0 Å². The van der Waals surface area contributed by atoms with Crippen molar-refractivity contribution >= 4 is 50.0 Å². The Labute approximate surface area is 140 Å². The van der Waals surface area contributed by atoms with Crippen LogP contribution in [0.25, 0.3) is 11.0 Å². The number of rotatable bonds is 3. The van der Waals surface area contributed by atoms with E-state index >= 15 is 0 Å². The Balaban J connectivity index is 3.17. The molecule has 0 aliphatic rings. The van der Waals surface area contributed by atoms with Gasteiger partial charge >= 0.3 is 0 Å². The molecule has 124 valence electrons. The van der Waals surface area contributed by atoms with Crippen LogP contribution in [0.4, 0.5) is 4.39 Å². The Morgan fingerprint density at radius 2 is 2.13 bits per heavy atom. The van der Waals surface area contributed by atoms with Gasteiger partial charge in [-0.25, -0.2) is 4.39 Å². The molecule has 10 heteroatoms. The van der Waals surface area contributed by atoms with E-state index < -0.39 is 36.7 Å². The first kappa shape index (κ1) is 17.8. The summed E-state index contributed by atoms with van der Waals surface area (Å²) in [6, 6.07) is 0.959. The second-order valence-electron chi connectivity index (χ2n) is 4.42. The van der Waals surface area contributed by atoms with Gasteiger partial charge in [0.2, 0.25) is 5.43 Å². The van der Waals surface area contributed by atoms with Crippen molar-refractivity contribution in [3.05, 3.63) is 38.5 Å². The quantitative estimate of drug-likeness (QED) is 0.646. The van der Waals surface area contributed by atoms with Gasteiger partial charge in [-0.15, -0.1) is 0 Å². The van der Waals surface area contributed by atoms with Crippen LogP contribution in [-0.2, 0) is 21.3 Å². The summed E-state index contributed by atoms with van der Waals surface area (Å²) in [6.07, 6.45) is 0.236. The van der Waals surface area contributed by atoms with E-state index in [1.165, 1.54) is 7.11 Å². The molecule has 0 unspecified atom stereocenters. The summed E-state index contributed by atoms with van der Waals surface area (Å²) in [6.45, 7) is 1.67. The summed E-state index contributed by atoms with van der Waals surface area (Å²) in [5, 5.41) is -1.53. The molecule has 0 saturated heterocycles. The second-order valence-corrected chi connectivity index (χ2v) is 6.56. The Bertz CT molecular complexity index is 980. The Hall–Kier alpha value is -1.55. The molecule has 0 radical (unpaired) electrons. The summed E-state index contributed by atoms with van der Waals surface area (Å²) < 4.78 is 56.6. The van der Waals surface area contributed by atoms with E-state index in [2.05, 4.69) is 0 Å². The molecule has 23 heavy (non-hydrogen) atoms. The zero-order valence-corrected chi connectivity index (χ0v) is 14.2. The number of benzene rings is 1. The average Bonchev–Trinajstić information content (AvgIpc) is 2.46. The van der Waals surface area contributed by atoms with E-state index in [0.29, 0.717) is 0 Å².